The van der Waals surface area contributed by atoms with E-state index in [2.05, 4.69) is 18.2 Å². The maximum Gasteiger partial charge on any atom is 0.188 e. The van der Waals surface area contributed by atoms with Gasteiger partial charge in [0.1, 0.15) is 5.75 Å². The van der Waals surface area contributed by atoms with Gasteiger partial charge in [0.2, 0.25) is 0 Å². The van der Waals surface area contributed by atoms with Gasteiger partial charge < -0.3 is 9.47 Å². The highest BCUT2D eigenvalue weighted by atomic mass is 16.7. The molecule has 0 aliphatic heterocycles. The van der Waals surface area contributed by atoms with Crippen LogP contribution in [-0.4, -0.2) is 13.9 Å². The molecule has 2 rings (SSSR count). The van der Waals surface area contributed by atoms with E-state index in [1.54, 1.807) is 12.7 Å². The Labute approximate surface area is 103 Å². The Hall–Kier alpha value is -1.28. The molecular formula is C15H20O2. The maximum atomic E-state index is 5.58. The lowest BCUT2D eigenvalue weighted by Gasteiger charge is -2.15. The van der Waals surface area contributed by atoms with Crippen LogP contribution in [0.5, 0.6) is 5.75 Å². The molecular weight excluding hydrogens is 212 g/mol. The fourth-order valence-corrected chi connectivity index (χ4v) is 2.22. The van der Waals surface area contributed by atoms with Crippen molar-refractivity contribution in [3.8, 4) is 5.75 Å². The molecule has 2 heteroatoms. The van der Waals surface area contributed by atoms with Crippen molar-refractivity contribution in [2.24, 2.45) is 0 Å². The fraction of sp³-hybridized carbons (Fsp3) is 0.467. The normalized spacial score (nSPS) is 15.5. The highest BCUT2D eigenvalue weighted by molar-refractivity contribution is 5.36. The van der Waals surface area contributed by atoms with Crippen LogP contribution in [0.15, 0.2) is 35.9 Å². The second kappa shape index (κ2) is 6.45. The lowest BCUT2D eigenvalue weighted by molar-refractivity contribution is 0.0505. The van der Waals surface area contributed by atoms with E-state index in [9.17, 15) is 0 Å². The highest BCUT2D eigenvalue weighted by Crippen LogP contribution is 2.26. The lowest BCUT2D eigenvalue weighted by Crippen LogP contribution is -2.03. The first-order valence-corrected chi connectivity index (χ1v) is 6.27. The van der Waals surface area contributed by atoms with Gasteiger partial charge in [-0.15, -0.1) is 0 Å². The Morgan fingerprint density at radius 2 is 2.06 bits per heavy atom. The summed E-state index contributed by atoms with van der Waals surface area (Å²) in [5.41, 5.74) is 2.81. The first-order valence-electron chi connectivity index (χ1n) is 6.27. The van der Waals surface area contributed by atoms with E-state index in [0.29, 0.717) is 6.79 Å². The average Bonchev–Trinajstić information content (AvgIpc) is 2.39. The maximum absolute atomic E-state index is 5.58. The highest BCUT2D eigenvalue weighted by Gasteiger charge is 2.08. The number of benzene rings is 1. The predicted molar refractivity (Wildman–Crippen MR) is 69.2 cm³/mol. The summed E-state index contributed by atoms with van der Waals surface area (Å²) in [6.07, 6.45) is 8.53. The molecule has 0 fully saturated rings. The first-order chi connectivity index (χ1) is 8.40. The summed E-state index contributed by atoms with van der Waals surface area (Å²) >= 11 is 0. The van der Waals surface area contributed by atoms with Crippen LogP contribution in [0.4, 0.5) is 0 Å². The zero-order valence-corrected chi connectivity index (χ0v) is 10.4. The molecule has 0 aromatic heterocycles. The van der Waals surface area contributed by atoms with Gasteiger partial charge in [-0.3, -0.25) is 0 Å². The molecule has 0 atom stereocenters. The molecule has 0 bridgehead atoms. The zero-order chi connectivity index (χ0) is 11.9. The number of hydrogen-bond donors (Lipinski definition) is 0. The van der Waals surface area contributed by atoms with Gasteiger partial charge in [-0.25, -0.2) is 0 Å². The molecule has 0 heterocycles. The monoisotopic (exact) mass is 232 g/mol. The Bertz CT molecular complexity index is 382. The van der Waals surface area contributed by atoms with Crippen molar-refractivity contribution in [2.75, 3.05) is 13.9 Å². The van der Waals surface area contributed by atoms with Gasteiger partial charge in [-0.1, -0.05) is 29.8 Å². The quantitative estimate of drug-likeness (QED) is 0.569. The molecule has 0 N–H and O–H groups in total. The van der Waals surface area contributed by atoms with Crippen molar-refractivity contribution in [1.82, 2.24) is 0 Å². The molecule has 92 valence electrons. The number of allylic oxidation sites excluding steroid dienone is 2. The van der Waals surface area contributed by atoms with E-state index < -0.39 is 0 Å². The van der Waals surface area contributed by atoms with Gasteiger partial charge in [0.25, 0.3) is 0 Å². The number of rotatable bonds is 5. The summed E-state index contributed by atoms with van der Waals surface area (Å²) in [6.45, 7) is 0.316. The van der Waals surface area contributed by atoms with Crippen molar-refractivity contribution in [2.45, 2.75) is 32.1 Å². The summed E-state index contributed by atoms with van der Waals surface area (Å²) in [4.78, 5) is 0. The summed E-state index contributed by atoms with van der Waals surface area (Å²) in [6, 6.07) is 8.22. The van der Waals surface area contributed by atoms with Crippen LogP contribution in [0.2, 0.25) is 0 Å². The largest absolute Gasteiger partial charge is 0.467 e. The van der Waals surface area contributed by atoms with E-state index in [-0.39, 0.29) is 0 Å². The standard InChI is InChI=1S/C15H20O2/c1-16-12-17-15-10-6-5-9-14(15)11-13-7-3-2-4-8-13/h5-7,9-10H,2-4,8,11-12H2,1H3. The number of ether oxygens (including phenoxy) is 2. The molecule has 0 saturated carbocycles. The van der Waals surface area contributed by atoms with Gasteiger partial charge in [0.15, 0.2) is 6.79 Å². The van der Waals surface area contributed by atoms with Crippen molar-refractivity contribution < 1.29 is 9.47 Å². The van der Waals surface area contributed by atoms with E-state index >= 15 is 0 Å². The van der Waals surface area contributed by atoms with Gasteiger partial charge in [-0.05, 0) is 43.7 Å². The van der Waals surface area contributed by atoms with E-state index in [1.165, 1.54) is 31.2 Å². The second-order valence-electron chi connectivity index (χ2n) is 4.44. The molecule has 17 heavy (non-hydrogen) atoms. The van der Waals surface area contributed by atoms with Crippen molar-refractivity contribution in [3.05, 3.63) is 41.5 Å². The molecule has 0 amide bonds. The SMILES string of the molecule is COCOc1ccccc1CC1=CCCCC1. The summed E-state index contributed by atoms with van der Waals surface area (Å²) in [5.74, 6) is 0.945. The smallest absolute Gasteiger partial charge is 0.188 e. The van der Waals surface area contributed by atoms with E-state index in [4.69, 9.17) is 9.47 Å². The van der Waals surface area contributed by atoms with Gasteiger partial charge in [0, 0.05) is 7.11 Å². The van der Waals surface area contributed by atoms with Crippen molar-refractivity contribution in [3.63, 3.8) is 0 Å². The van der Waals surface area contributed by atoms with Gasteiger partial charge in [-0.2, -0.15) is 0 Å². The van der Waals surface area contributed by atoms with Crippen molar-refractivity contribution >= 4 is 0 Å². The van der Waals surface area contributed by atoms with Crippen LogP contribution in [0.1, 0.15) is 31.2 Å². The zero-order valence-electron chi connectivity index (χ0n) is 10.4. The van der Waals surface area contributed by atoms with Crippen LogP contribution >= 0.6 is 0 Å². The number of methoxy groups -OCH3 is 1. The summed E-state index contributed by atoms with van der Waals surface area (Å²) in [5, 5.41) is 0. The summed E-state index contributed by atoms with van der Waals surface area (Å²) in [7, 11) is 1.65. The lowest BCUT2D eigenvalue weighted by atomic mass is 9.94. The van der Waals surface area contributed by atoms with E-state index in [0.717, 1.165) is 12.2 Å². The molecule has 2 nitrogen and oxygen atoms in total. The minimum Gasteiger partial charge on any atom is -0.467 e. The van der Waals surface area contributed by atoms with Crippen molar-refractivity contribution in [1.29, 1.82) is 0 Å². The third-order valence-electron chi connectivity index (χ3n) is 3.11. The Balaban J connectivity index is 2.05. The third kappa shape index (κ3) is 3.60. The van der Waals surface area contributed by atoms with E-state index in [1.807, 2.05) is 12.1 Å². The fourth-order valence-electron chi connectivity index (χ4n) is 2.22. The predicted octanol–water partition coefficient (Wildman–Crippen LogP) is 3.71. The minimum atomic E-state index is 0.316. The molecule has 1 aliphatic carbocycles. The van der Waals surface area contributed by atoms with Gasteiger partial charge in [0.05, 0.1) is 0 Å². The Morgan fingerprint density at radius 3 is 2.82 bits per heavy atom. The molecule has 1 aromatic rings. The Kier molecular flexibility index (Phi) is 4.63. The molecule has 0 radical (unpaired) electrons. The van der Waals surface area contributed by atoms with Gasteiger partial charge >= 0.3 is 0 Å². The second-order valence-corrected chi connectivity index (χ2v) is 4.44. The molecule has 0 unspecified atom stereocenters. The molecule has 0 spiro atoms. The molecule has 0 saturated heterocycles. The van der Waals surface area contributed by atoms with Crippen LogP contribution in [0, 0.1) is 0 Å². The van der Waals surface area contributed by atoms with Crippen LogP contribution in [0.25, 0.3) is 0 Å². The van der Waals surface area contributed by atoms with Crippen LogP contribution in [-0.2, 0) is 11.2 Å². The molecule has 1 aliphatic rings. The average molecular weight is 232 g/mol. The first kappa shape index (κ1) is 12.2. The van der Waals surface area contributed by atoms with Crippen LogP contribution in [0.3, 0.4) is 0 Å². The van der Waals surface area contributed by atoms with Crippen LogP contribution < -0.4 is 4.74 Å². The Morgan fingerprint density at radius 1 is 1.18 bits per heavy atom. The topological polar surface area (TPSA) is 18.5 Å². The summed E-state index contributed by atoms with van der Waals surface area (Å²) < 4.78 is 10.5. The molecule has 1 aromatic carbocycles. The number of hydrogen-bond acceptors (Lipinski definition) is 2. The number of para-hydroxylation sites is 1. The minimum absolute atomic E-state index is 0.316. The third-order valence-corrected chi connectivity index (χ3v) is 3.11.